The Morgan fingerprint density at radius 1 is 1.08 bits per heavy atom. The molecule has 2 aliphatic heterocycles. The molecule has 0 unspecified atom stereocenters. The summed E-state index contributed by atoms with van der Waals surface area (Å²) in [5.74, 6) is -0.508. The number of likely N-dealkylation sites (tertiary alicyclic amines) is 1. The van der Waals surface area contributed by atoms with E-state index in [0.29, 0.717) is 17.2 Å². The van der Waals surface area contributed by atoms with Crippen LogP contribution in [0.5, 0.6) is 0 Å². The monoisotopic (exact) mass is 354 g/mol. The van der Waals surface area contributed by atoms with Crippen LogP contribution in [-0.4, -0.2) is 46.7 Å². The van der Waals surface area contributed by atoms with Crippen molar-refractivity contribution >= 4 is 17.7 Å². The fraction of sp³-hybridized carbons (Fsp3) is 0.571. The van der Waals surface area contributed by atoms with Crippen LogP contribution in [0.3, 0.4) is 0 Å². The number of rotatable bonds is 3. The molecule has 1 aromatic rings. The number of hydrogen-bond donors (Lipinski definition) is 0. The second-order valence-corrected chi connectivity index (χ2v) is 9.29. The summed E-state index contributed by atoms with van der Waals surface area (Å²) in [6, 6.07) is 7.14. The summed E-state index contributed by atoms with van der Waals surface area (Å²) in [7, 11) is 0. The number of fused-ring (bicyclic) bond motifs is 3. The van der Waals surface area contributed by atoms with Gasteiger partial charge in [-0.1, -0.05) is 32.9 Å². The summed E-state index contributed by atoms with van der Waals surface area (Å²) in [6.07, 6.45) is 3.44. The molecule has 3 amide bonds. The first-order valence-electron chi connectivity index (χ1n) is 9.44. The summed E-state index contributed by atoms with van der Waals surface area (Å²) in [5, 5.41) is 0. The minimum absolute atomic E-state index is 0.0629. The van der Waals surface area contributed by atoms with E-state index < -0.39 is 0 Å². The van der Waals surface area contributed by atoms with Gasteiger partial charge in [-0.05, 0) is 42.2 Å². The van der Waals surface area contributed by atoms with Crippen molar-refractivity contribution in [3.63, 3.8) is 0 Å². The number of hydrogen-bond acceptors (Lipinski definition) is 3. The topological polar surface area (TPSA) is 57.7 Å². The largest absolute Gasteiger partial charge is 0.339 e. The highest BCUT2D eigenvalue weighted by atomic mass is 16.2. The SMILES string of the molecule is CC1(C)C[C@H]2C[C@@](C)(CN2C(=O)CCN2C(=O)c3ccccc3C2=O)C1. The van der Waals surface area contributed by atoms with Gasteiger partial charge in [0.05, 0.1) is 11.1 Å². The van der Waals surface area contributed by atoms with Crippen molar-refractivity contribution in [2.24, 2.45) is 10.8 Å². The molecule has 2 atom stereocenters. The van der Waals surface area contributed by atoms with E-state index in [1.165, 1.54) is 4.90 Å². The molecule has 4 rings (SSSR count). The normalized spacial score (nSPS) is 29.3. The summed E-state index contributed by atoms with van der Waals surface area (Å²) < 4.78 is 0. The lowest BCUT2D eigenvalue weighted by Crippen LogP contribution is -2.40. The van der Waals surface area contributed by atoms with Crippen LogP contribution in [0.2, 0.25) is 0 Å². The number of carbonyl (C=O) groups is 3. The maximum absolute atomic E-state index is 12.9. The molecule has 0 N–H and O–H groups in total. The highest BCUT2D eigenvalue weighted by molar-refractivity contribution is 6.21. The molecular formula is C21H26N2O3. The molecule has 2 fully saturated rings. The Labute approximate surface area is 154 Å². The summed E-state index contributed by atoms with van der Waals surface area (Å²) in [6.45, 7) is 7.79. The van der Waals surface area contributed by atoms with E-state index in [0.717, 1.165) is 25.8 Å². The molecule has 1 saturated heterocycles. The van der Waals surface area contributed by atoms with E-state index >= 15 is 0 Å². The zero-order valence-corrected chi connectivity index (χ0v) is 15.7. The number of carbonyl (C=O) groups excluding carboxylic acids is 3. The van der Waals surface area contributed by atoms with Gasteiger partial charge in [0.25, 0.3) is 11.8 Å². The quantitative estimate of drug-likeness (QED) is 0.784. The Morgan fingerprint density at radius 2 is 1.69 bits per heavy atom. The van der Waals surface area contributed by atoms with Crippen LogP contribution < -0.4 is 0 Å². The van der Waals surface area contributed by atoms with Gasteiger partial charge in [-0.25, -0.2) is 0 Å². The summed E-state index contributed by atoms with van der Waals surface area (Å²) in [5.41, 5.74) is 1.33. The highest BCUT2D eigenvalue weighted by Gasteiger charge is 2.50. The van der Waals surface area contributed by atoms with Crippen LogP contribution >= 0.6 is 0 Å². The molecule has 1 aromatic carbocycles. The van der Waals surface area contributed by atoms with Gasteiger partial charge in [0.2, 0.25) is 5.91 Å². The average molecular weight is 354 g/mol. The number of amides is 3. The van der Waals surface area contributed by atoms with E-state index in [1.54, 1.807) is 24.3 Å². The molecule has 2 bridgehead atoms. The minimum Gasteiger partial charge on any atom is -0.339 e. The molecular weight excluding hydrogens is 328 g/mol. The van der Waals surface area contributed by atoms with Crippen molar-refractivity contribution in [2.75, 3.05) is 13.1 Å². The maximum atomic E-state index is 12.9. The third kappa shape index (κ3) is 2.74. The van der Waals surface area contributed by atoms with Crippen LogP contribution in [0, 0.1) is 10.8 Å². The third-order valence-corrected chi connectivity index (χ3v) is 6.16. The molecule has 26 heavy (non-hydrogen) atoms. The van der Waals surface area contributed by atoms with E-state index in [9.17, 15) is 14.4 Å². The Kier molecular flexibility index (Phi) is 3.76. The van der Waals surface area contributed by atoms with Gasteiger partial charge in [0.15, 0.2) is 0 Å². The van der Waals surface area contributed by atoms with E-state index in [-0.39, 0.29) is 41.5 Å². The molecule has 2 heterocycles. The van der Waals surface area contributed by atoms with Crippen LogP contribution in [0.1, 0.15) is 67.2 Å². The molecule has 0 aromatic heterocycles. The molecule has 0 radical (unpaired) electrons. The third-order valence-electron chi connectivity index (χ3n) is 6.16. The lowest BCUT2D eigenvalue weighted by Gasteiger charge is -2.39. The molecule has 0 spiro atoms. The fourth-order valence-electron chi connectivity index (χ4n) is 5.54. The number of nitrogens with zero attached hydrogens (tertiary/aromatic N) is 2. The van der Waals surface area contributed by atoms with Crippen molar-refractivity contribution < 1.29 is 14.4 Å². The first-order chi connectivity index (χ1) is 12.2. The van der Waals surface area contributed by atoms with Gasteiger partial charge >= 0.3 is 0 Å². The lowest BCUT2D eigenvalue weighted by molar-refractivity contribution is -0.132. The zero-order valence-electron chi connectivity index (χ0n) is 15.7. The van der Waals surface area contributed by atoms with Gasteiger partial charge in [0.1, 0.15) is 0 Å². The second kappa shape index (κ2) is 5.66. The van der Waals surface area contributed by atoms with Crippen LogP contribution in [0.4, 0.5) is 0 Å². The molecule has 1 aliphatic carbocycles. The van der Waals surface area contributed by atoms with Crippen LogP contribution in [0.15, 0.2) is 24.3 Å². The lowest BCUT2D eigenvalue weighted by atomic mass is 9.65. The maximum Gasteiger partial charge on any atom is 0.261 e. The Balaban J connectivity index is 1.43. The number of benzene rings is 1. The smallest absolute Gasteiger partial charge is 0.261 e. The van der Waals surface area contributed by atoms with Gasteiger partial charge in [-0.2, -0.15) is 0 Å². The molecule has 5 heteroatoms. The van der Waals surface area contributed by atoms with E-state index in [4.69, 9.17) is 0 Å². The van der Waals surface area contributed by atoms with Gasteiger partial charge in [0, 0.05) is 25.6 Å². The average Bonchev–Trinajstić information content (AvgIpc) is 2.96. The van der Waals surface area contributed by atoms with E-state index in [1.807, 2.05) is 4.90 Å². The molecule has 5 nitrogen and oxygen atoms in total. The Morgan fingerprint density at radius 3 is 2.31 bits per heavy atom. The molecule has 138 valence electrons. The van der Waals surface area contributed by atoms with Crippen molar-refractivity contribution in [2.45, 2.75) is 52.5 Å². The number of imide groups is 1. The van der Waals surface area contributed by atoms with Crippen molar-refractivity contribution in [1.29, 1.82) is 0 Å². The predicted molar refractivity (Wildman–Crippen MR) is 97.7 cm³/mol. The summed E-state index contributed by atoms with van der Waals surface area (Å²) >= 11 is 0. The molecule has 1 saturated carbocycles. The van der Waals surface area contributed by atoms with Crippen molar-refractivity contribution in [3.05, 3.63) is 35.4 Å². The van der Waals surface area contributed by atoms with Crippen molar-refractivity contribution in [3.8, 4) is 0 Å². The Hall–Kier alpha value is -2.17. The summed E-state index contributed by atoms with van der Waals surface area (Å²) in [4.78, 5) is 41.0. The first kappa shape index (κ1) is 17.3. The highest BCUT2D eigenvalue weighted by Crippen LogP contribution is 2.52. The standard InChI is InChI=1S/C21H26N2O3/c1-20(2)10-14-11-21(3,12-20)13-23(14)17(24)8-9-22-18(25)15-6-4-5-7-16(15)19(22)26/h4-7,14H,8-13H2,1-3H3/t14-,21+/m0/s1. The predicted octanol–water partition coefficient (Wildman–Crippen LogP) is 3.10. The second-order valence-electron chi connectivity index (χ2n) is 9.29. The minimum atomic E-state index is -0.286. The zero-order chi connectivity index (χ0) is 18.7. The van der Waals surface area contributed by atoms with Crippen LogP contribution in [0.25, 0.3) is 0 Å². The first-order valence-corrected chi connectivity index (χ1v) is 9.44. The van der Waals surface area contributed by atoms with Crippen molar-refractivity contribution in [1.82, 2.24) is 9.80 Å². The van der Waals surface area contributed by atoms with Gasteiger partial charge in [-0.15, -0.1) is 0 Å². The van der Waals surface area contributed by atoms with Gasteiger partial charge < -0.3 is 4.90 Å². The van der Waals surface area contributed by atoms with E-state index in [2.05, 4.69) is 20.8 Å². The van der Waals surface area contributed by atoms with Gasteiger partial charge in [-0.3, -0.25) is 19.3 Å². The van der Waals surface area contributed by atoms with Crippen LogP contribution in [-0.2, 0) is 4.79 Å². The Bertz CT molecular complexity index is 765. The fourth-order valence-corrected chi connectivity index (χ4v) is 5.54. The molecule has 3 aliphatic rings.